The number of hydrogen-bond donors (Lipinski definition) is 4. The number of nitrogens with one attached hydrogen (secondary N) is 2. The van der Waals surface area contributed by atoms with Gasteiger partial charge in [-0.25, -0.2) is 9.59 Å². The molecule has 0 saturated carbocycles. The van der Waals surface area contributed by atoms with Gasteiger partial charge in [-0.3, -0.25) is 14.4 Å². The molecule has 17 heteroatoms. The van der Waals surface area contributed by atoms with E-state index < -0.39 is 97.0 Å². The van der Waals surface area contributed by atoms with Gasteiger partial charge in [-0.2, -0.15) is 13.2 Å². The number of carbonyl (C=O) groups excluding carboxylic acids is 5. The summed E-state index contributed by atoms with van der Waals surface area (Å²) in [7, 11) is 0. The Hall–Kier alpha value is -5.88. The van der Waals surface area contributed by atoms with Crippen molar-refractivity contribution in [1.29, 1.82) is 0 Å². The number of benzene rings is 3. The van der Waals surface area contributed by atoms with Crippen LogP contribution in [0.2, 0.25) is 0 Å². The van der Waals surface area contributed by atoms with Gasteiger partial charge in [0.15, 0.2) is 6.61 Å². The largest absolute Gasteiger partial charge is 0.460 e. The van der Waals surface area contributed by atoms with E-state index in [-0.39, 0.29) is 36.0 Å². The van der Waals surface area contributed by atoms with Gasteiger partial charge < -0.3 is 44.5 Å². The normalized spacial score (nSPS) is 19.9. The van der Waals surface area contributed by atoms with Crippen molar-refractivity contribution in [3.05, 3.63) is 125 Å². The zero-order valence-corrected chi connectivity index (χ0v) is 34.4. The van der Waals surface area contributed by atoms with Crippen LogP contribution in [0.15, 0.2) is 103 Å². The summed E-state index contributed by atoms with van der Waals surface area (Å²) in [5, 5.41) is 25.7. The predicted molar refractivity (Wildman–Crippen MR) is 216 cm³/mol. The molecular weight excluding hydrogens is 817 g/mol. The van der Waals surface area contributed by atoms with Crippen molar-refractivity contribution < 1.29 is 71.0 Å². The number of hydrogen-bond acceptors (Lipinski definition) is 12. The van der Waals surface area contributed by atoms with Crippen molar-refractivity contribution in [2.45, 2.75) is 101 Å². The standard InChI is InChI=1S/C45H49F3N2O12/c1-27(52)38(41(56)49-32(25-51)20-22-37(54)61-43(2,3)4)50-40(55)29-23-34(59-42(57)33-18-12-11-13-28(33)19-21-36(53)58-26-44(46,47)48)39-35(24-29)60-45(62-39,30-14-7-5-8-15-30)31-16-9-6-10-17-31/h5-19,21,24,27,32,34-35,38-39,51-52H,20,22-23,25-26H2,1-4H3,(H,49,56)(H,50,55). The number of fused-ring (bicyclic) bond motifs is 1. The highest BCUT2D eigenvalue weighted by Gasteiger charge is 2.55. The number of ether oxygens (including phenoxy) is 5. The first-order valence-electron chi connectivity index (χ1n) is 19.8. The van der Waals surface area contributed by atoms with Crippen molar-refractivity contribution in [1.82, 2.24) is 10.6 Å². The molecule has 1 fully saturated rings. The molecule has 332 valence electrons. The first-order chi connectivity index (χ1) is 29.3. The van der Waals surface area contributed by atoms with Gasteiger partial charge in [-0.15, -0.1) is 0 Å². The van der Waals surface area contributed by atoms with Crippen molar-refractivity contribution in [3.63, 3.8) is 0 Å². The first-order valence-corrected chi connectivity index (χ1v) is 19.8. The minimum atomic E-state index is -4.74. The molecule has 0 aromatic heterocycles. The van der Waals surface area contributed by atoms with Gasteiger partial charge in [0.1, 0.15) is 30.0 Å². The lowest BCUT2D eigenvalue weighted by molar-refractivity contribution is -0.182. The maximum atomic E-state index is 14.1. The fourth-order valence-corrected chi connectivity index (χ4v) is 6.80. The minimum Gasteiger partial charge on any atom is -0.460 e. The van der Waals surface area contributed by atoms with E-state index in [0.29, 0.717) is 11.1 Å². The molecule has 2 amide bonds. The zero-order chi connectivity index (χ0) is 45.2. The van der Waals surface area contributed by atoms with Crippen LogP contribution in [0.25, 0.3) is 6.08 Å². The van der Waals surface area contributed by atoms with Crippen LogP contribution in [0.5, 0.6) is 0 Å². The van der Waals surface area contributed by atoms with Crippen LogP contribution in [-0.4, -0.2) is 101 Å². The Labute approximate surface area is 356 Å². The van der Waals surface area contributed by atoms with Crippen LogP contribution in [0.4, 0.5) is 13.2 Å². The predicted octanol–water partition coefficient (Wildman–Crippen LogP) is 4.81. The molecular formula is C45H49F3N2O12. The molecule has 14 nitrogen and oxygen atoms in total. The lowest BCUT2D eigenvalue weighted by atomic mass is 9.91. The number of amides is 2. The minimum absolute atomic E-state index is 0.00186. The highest BCUT2D eigenvalue weighted by Crippen LogP contribution is 2.47. The monoisotopic (exact) mass is 866 g/mol. The maximum Gasteiger partial charge on any atom is 0.422 e. The van der Waals surface area contributed by atoms with Gasteiger partial charge in [0, 0.05) is 35.6 Å². The summed E-state index contributed by atoms with van der Waals surface area (Å²) >= 11 is 0. The smallest absolute Gasteiger partial charge is 0.422 e. The molecule has 0 spiro atoms. The molecule has 1 saturated heterocycles. The second-order valence-corrected chi connectivity index (χ2v) is 15.7. The molecule has 1 aliphatic heterocycles. The fourth-order valence-electron chi connectivity index (χ4n) is 6.80. The van der Waals surface area contributed by atoms with Crippen LogP contribution < -0.4 is 10.6 Å². The van der Waals surface area contributed by atoms with E-state index >= 15 is 0 Å². The van der Waals surface area contributed by atoms with Gasteiger partial charge in [0.25, 0.3) is 0 Å². The van der Waals surface area contributed by atoms with E-state index in [9.17, 15) is 47.4 Å². The lowest BCUT2D eigenvalue weighted by Crippen LogP contribution is -2.55. The average Bonchev–Trinajstić information content (AvgIpc) is 3.63. The Morgan fingerprint density at radius 2 is 1.52 bits per heavy atom. The lowest BCUT2D eigenvalue weighted by Gasteiger charge is -2.32. The Morgan fingerprint density at radius 1 is 0.903 bits per heavy atom. The van der Waals surface area contributed by atoms with Crippen LogP contribution in [0.3, 0.4) is 0 Å². The zero-order valence-electron chi connectivity index (χ0n) is 34.4. The topological polar surface area (TPSA) is 196 Å². The van der Waals surface area contributed by atoms with Gasteiger partial charge in [-0.05, 0) is 57.9 Å². The highest BCUT2D eigenvalue weighted by atomic mass is 19.4. The second kappa shape index (κ2) is 20.3. The number of alkyl halides is 3. The molecule has 62 heavy (non-hydrogen) atoms. The van der Waals surface area contributed by atoms with Crippen LogP contribution in [-0.2, 0) is 48.6 Å². The molecule has 6 atom stereocenters. The summed E-state index contributed by atoms with van der Waals surface area (Å²) in [5.74, 6) is -6.04. The summed E-state index contributed by atoms with van der Waals surface area (Å²) in [6.07, 6.45) is -6.61. The van der Waals surface area contributed by atoms with Crippen LogP contribution >= 0.6 is 0 Å². The van der Waals surface area contributed by atoms with Gasteiger partial charge in [-0.1, -0.05) is 78.9 Å². The van der Waals surface area contributed by atoms with E-state index in [0.717, 1.165) is 12.2 Å². The van der Waals surface area contributed by atoms with Gasteiger partial charge >= 0.3 is 24.1 Å². The van der Waals surface area contributed by atoms with Crippen molar-refractivity contribution in [2.75, 3.05) is 13.2 Å². The van der Waals surface area contributed by atoms with E-state index in [1.54, 1.807) is 81.4 Å². The highest BCUT2D eigenvalue weighted by molar-refractivity contribution is 5.98. The molecule has 1 aliphatic carbocycles. The summed E-state index contributed by atoms with van der Waals surface area (Å²) in [4.78, 5) is 65.9. The molecule has 2 aliphatic rings. The quantitative estimate of drug-likeness (QED) is 0.0873. The number of halogens is 3. The number of rotatable bonds is 16. The molecule has 0 radical (unpaired) electrons. The third kappa shape index (κ3) is 12.6. The molecule has 1 heterocycles. The molecule has 3 aromatic rings. The molecule has 5 rings (SSSR count). The van der Waals surface area contributed by atoms with Crippen LogP contribution in [0.1, 0.15) is 74.0 Å². The first kappa shape index (κ1) is 47.2. The fraction of sp³-hybridized carbons (Fsp3) is 0.400. The van der Waals surface area contributed by atoms with E-state index in [1.807, 2.05) is 0 Å². The van der Waals surface area contributed by atoms with E-state index in [4.69, 9.17) is 18.9 Å². The number of aliphatic hydroxyl groups excluding tert-OH is 2. The molecule has 3 aromatic carbocycles. The van der Waals surface area contributed by atoms with Gasteiger partial charge in [0.2, 0.25) is 17.6 Å². The summed E-state index contributed by atoms with van der Waals surface area (Å²) in [6, 6.07) is 21.2. The van der Waals surface area contributed by atoms with E-state index in [1.165, 1.54) is 37.3 Å². The molecule has 6 unspecified atom stereocenters. The average molecular weight is 867 g/mol. The third-order valence-corrected chi connectivity index (χ3v) is 9.63. The van der Waals surface area contributed by atoms with Crippen LogP contribution in [0, 0.1) is 0 Å². The van der Waals surface area contributed by atoms with Crippen molar-refractivity contribution in [2.24, 2.45) is 0 Å². The summed E-state index contributed by atoms with van der Waals surface area (Å²) < 4.78 is 66.8. The summed E-state index contributed by atoms with van der Waals surface area (Å²) in [5.41, 5.74) is 0.421. The molecule has 4 N–H and O–H groups in total. The molecule has 0 bridgehead atoms. The number of esters is 3. The number of carbonyl (C=O) groups is 5. The number of aliphatic hydroxyl groups is 2. The Bertz CT molecular complexity index is 2080. The Balaban J connectivity index is 1.43. The second-order valence-electron chi connectivity index (χ2n) is 15.7. The Kier molecular flexibility index (Phi) is 15.5. The third-order valence-electron chi connectivity index (χ3n) is 9.63. The SMILES string of the molecule is CC(O)C(NC(=O)C1=CC2OC(c3ccccc3)(c3ccccc3)OC2C(OC(=O)c2ccccc2C=CC(=O)OCC(F)(F)F)C1)C(=O)NC(CO)CCC(=O)OC(C)(C)C. The summed E-state index contributed by atoms with van der Waals surface area (Å²) in [6.45, 7) is 4.02. The van der Waals surface area contributed by atoms with Crippen molar-refractivity contribution in [3.8, 4) is 0 Å². The maximum absolute atomic E-state index is 14.1. The van der Waals surface area contributed by atoms with E-state index in [2.05, 4.69) is 15.4 Å². The van der Waals surface area contributed by atoms with Gasteiger partial charge in [0.05, 0.1) is 24.3 Å². The van der Waals surface area contributed by atoms with Crippen molar-refractivity contribution >= 4 is 35.8 Å². The Morgan fingerprint density at radius 3 is 2.10 bits per heavy atom.